The highest BCUT2D eigenvalue weighted by molar-refractivity contribution is 4.36. The average Bonchev–Trinajstić information content (AvgIpc) is 2.15. The fraction of sp³-hybridized carbons (Fsp3) is 1.00. The molecule has 0 aromatic rings. The molecule has 0 aliphatic heterocycles. The summed E-state index contributed by atoms with van der Waals surface area (Å²) in [6.07, 6.45) is 4.35. The van der Waals surface area contributed by atoms with E-state index < -0.39 is 0 Å². The van der Waals surface area contributed by atoms with Crippen LogP contribution in [0.3, 0.4) is 0 Å². The average molecular weight is 218 g/mol. The van der Waals surface area contributed by atoms with Crippen molar-refractivity contribution in [2.45, 2.75) is 73.0 Å². The minimum atomic E-state index is 0.403. The molecule has 0 fully saturated rings. The van der Waals surface area contributed by atoms with Gasteiger partial charge in [0.05, 0.1) is 12.2 Å². The molecule has 0 aliphatic carbocycles. The van der Waals surface area contributed by atoms with Crippen LogP contribution in [0.25, 0.3) is 0 Å². The van der Waals surface area contributed by atoms with Gasteiger partial charge in [0.25, 0.3) is 0 Å². The van der Waals surface area contributed by atoms with Gasteiger partial charge in [-0.05, 0) is 40.5 Å². The summed E-state index contributed by atoms with van der Waals surface area (Å²) in [5, 5.41) is 0. The van der Waals surface area contributed by atoms with Crippen molar-refractivity contribution in [2.24, 2.45) is 0 Å². The minimum absolute atomic E-state index is 0.403. The van der Waals surface area contributed by atoms with Crippen LogP contribution in [0.4, 0.5) is 0 Å². The summed E-state index contributed by atoms with van der Waals surface area (Å²) >= 11 is 0. The maximum atomic E-state index is 5.28. The van der Waals surface area contributed by atoms with E-state index in [2.05, 4.69) is 41.5 Å². The second-order valence-electron chi connectivity index (χ2n) is 4.19. The van der Waals surface area contributed by atoms with Gasteiger partial charge in [-0.2, -0.15) is 0 Å². The molecule has 94 valence electrons. The van der Waals surface area contributed by atoms with E-state index in [-0.39, 0.29) is 0 Å². The van der Waals surface area contributed by atoms with Crippen molar-refractivity contribution in [2.75, 3.05) is 13.2 Å². The van der Waals surface area contributed by atoms with Crippen LogP contribution in [0.1, 0.15) is 60.8 Å². The van der Waals surface area contributed by atoms with E-state index in [0.29, 0.717) is 12.2 Å². The summed E-state index contributed by atoms with van der Waals surface area (Å²) < 4.78 is 10.5. The normalized spacial score (nSPS) is 10.4. The van der Waals surface area contributed by atoms with Crippen LogP contribution in [0.5, 0.6) is 0 Å². The Morgan fingerprint density at radius 2 is 1.20 bits per heavy atom. The summed E-state index contributed by atoms with van der Waals surface area (Å²) in [6, 6.07) is 0. The molecule has 0 radical (unpaired) electrons. The Labute approximate surface area is 96.4 Å². The molecular formula is C13H30O2. The maximum Gasteiger partial charge on any atom is 0.0518 e. The first kappa shape index (κ1) is 17.3. The van der Waals surface area contributed by atoms with E-state index >= 15 is 0 Å². The van der Waals surface area contributed by atoms with E-state index in [4.69, 9.17) is 9.47 Å². The van der Waals surface area contributed by atoms with Crippen LogP contribution < -0.4 is 0 Å². The van der Waals surface area contributed by atoms with Crippen molar-refractivity contribution in [3.8, 4) is 0 Å². The van der Waals surface area contributed by atoms with Gasteiger partial charge in [0.15, 0.2) is 0 Å². The molecule has 0 saturated carbocycles. The third kappa shape index (κ3) is 24.9. The van der Waals surface area contributed by atoms with Gasteiger partial charge in [-0.25, -0.2) is 0 Å². The predicted molar refractivity (Wildman–Crippen MR) is 67.4 cm³/mol. The SMILES string of the molecule is CCCCOC(C)C.CCCOC(C)C. The lowest BCUT2D eigenvalue weighted by molar-refractivity contribution is 0.0767. The van der Waals surface area contributed by atoms with Crippen molar-refractivity contribution in [3.05, 3.63) is 0 Å². The Balaban J connectivity index is 0. The highest BCUT2D eigenvalue weighted by Crippen LogP contribution is 1.92. The van der Waals surface area contributed by atoms with Crippen LogP contribution in [0.2, 0.25) is 0 Å². The van der Waals surface area contributed by atoms with Gasteiger partial charge in [-0.3, -0.25) is 0 Å². The summed E-state index contributed by atoms with van der Waals surface area (Å²) in [5.74, 6) is 0. The zero-order valence-electron chi connectivity index (χ0n) is 11.5. The van der Waals surface area contributed by atoms with Crippen molar-refractivity contribution >= 4 is 0 Å². The van der Waals surface area contributed by atoms with E-state index in [1.165, 1.54) is 12.8 Å². The fourth-order valence-electron chi connectivity index (χ4n) is 0.817. The summed E-state index contributed by atoms with van der Waals surface area (Å²) in [6.45, 7) is 14.3. The number of ether oxygens (including phenoxy) is 2. The number of rotatable bonds is 7. The molecule has 15 heavy (non-hydrogen) atoms. The van der Waals surface area contributed by atoms with Gasteiger partial charge in [0.2, 0.25) is 0 Å². The second kappa shape index (κ2) is 13.9. The second-order valence-corrected chi connectivity index (χ2v) is 4.19. The van der Waals surface area contributed by atoms with Crippen molar-refractivity contribution in [1.82, 2.24) is 0 Å². The molecule has 0 aliphatic rings. The predicted octanol–water partition coefficient (Wildman–Crippen LogP) is 4.03. The monoisotopic (exact) mass is 218 g/mol. The molecule has 0 heterocycles. The lowest BCUT2D eigenvalue weighted by atomic mass is 10.3. The molecule has 0 rings (SSSR count). The Bertz CT molecular complexity index is 101. The number of unbranched alkanes of at least 4 members (excludes halogenated alkanes) is 1. The lowest BCUT2D eigenvalue weighted by Crippen LogP contribution is -2.02. The largest absolute Gasteiger partial charge is 0.379 e. The molecule has 0 unspecified atom stereocenters. The molecular weight excluding hydrogens is 188 g/mol. The molecule has 0 aromatic heterocycles. The first-order valence-corrected chi connectivity index (χ1v) is 6.27. The summed E-state index contributed by atoms with van der Waals surface area (Å²) in [7, 11) is 0. The van der Waals surface area contributed by atoms with Crippen LogP contribution in [0.15, 0.2) is 0 Å². The van der Waals surface area contributed by atoms with Crippen molar-refractivity contribution < 1.29 is 9.47 Å². The third-order valence-corrected chi connectivity index (χ3v) is 1.60. The highest BCUT2D eigenvalue weighted by atomic mass is 16.5. The van der Waals surface area contributed by atoms with E-state index in [9.17, 15) is 0 Å². The topological polar surface area (TPSA) is 18.5 Å². The molecule has 0 amide bonds. The van der Waals surface area contributed by atoms with E-state index in [1.54, 1.807) is 0 Å². The van der Waals surface area contributed by atoms with Crippen LogP contribution in [0, 0.1) is 0 Å². The molecule has 2 heteroatoms. The number of hydrogen-bond donors (Lipinski definition) is 0. The van der Waals surface area contributed by atoms with Gasteiger partial charge >= 0.3 is 0 Å². The highest BCUT2D eigenvalue weighted by Gasteiger charge is 1.89. The first-order chi connectivity index (χ1) is 7.04. The molecule has 0 saturated heterocycles. The quantitative estimate of drug-likeness (QED) is 0.601. The van der Waals surface area contributed by atoms with E-state index in [1.807, 2.05) is 0 Å². The van der Waals surface area contributed by atoms with Gasteiger partial charge < -0.3 is 9.47 Å². The van der Waals surface area contributed by atoms with E-state index in [0.717, 1.165) is 19.6 Å². The van der Waals surface area contributed by atoms with Gasteiger partial charge in [-0.1, -0.05) is 20.3 Å². The van der Waals surface area contributed by atoms with Crippen LogP contribution in [-0.4, -0.2) is 25.4 Å². The number of hydrogen-bond acceptors (Lipinski definition) is 2. The summed E-state index contributed by atoms with van der Waals surface area (Å²) in [5.41, 5.74) is 0. The maximum absolute atomic E-state index is 5.28. The van der Waals surface area contributed by atoms with Crippen LogP contribution in [-0.2, 0) is 9.47 Å². The molecule has 0 N–H and O–H groups in total. The van der Waals surface area contributed by atoms with Gasteiger partial charge in [0.1, 0.15) is 0 Å². The van der Waals surface area contributed by atoms with Crippen molar-refractivity contribution in [3.63, 3.8) is 0 Å². The third-order valence-electron chi connectivity index (χ3n) is 1.60. The fourth-order valence-corrected chi connectivity index (χ4v) is 0.817. The Morgan fingerprint density at radius 1 is 0.733 bits per heavy atom. The standard InChI is InChI=1S/C7H16O.C6H14O/c1-4-5-6-8-7(2)3;1-4-5-7-6(2)3/h7H,4-6H2,1-3H3;6H,4-5H2,1-3H3. The Hall–Kier alpha value is -0.0800. The van der Waals surface area contributed by atoms with Crippen LogP contribution >= 0.6 is 0 Å². The van der Waals surface area contributed by atoms with Gasteiger partial charge in [-0.15, -0.1) is 0 Å². The lowest BCUT2D eigenvalue weighted by Gasteiger charge is -2.04. The van der Waals surface area contributed by atoms with Gasteiger partial charge in [0, 0.05) is 13.2 Å². The smallest absolute Gasteiger partial charge is 0.0518 e. The first-order valence-electron chi connectivity index (χ1n) is 6.27. The zero-order valence-corrected chi connectivity index (χ0v) is 11.5. The minimum Gasteiger partial charge on any atom is -0.379 e. The Morgan fingerprint density at radius 3 is 1.47 bits per heavy atom. The molecule has 0 spiro atoms. The molecule has 0 aromatic carbocycles. The zero-order chi connectivity index (χ0) is 12.1. The molecule has 2 nitrogen and oxygen atoms in total. The molecule has 0 atom stereocenters. The summed E-state index contributed by atoms with van der Waals surface area (Å²) in [4.78, 5) is 0. The molecule has 0 bridgehead atoms. The Kier molecular flexibility index (Phi) is 16.1. The van der Waals surface area contributed by atoms with Crippen molar-refractivity contribution in [1.29, 1.82) is 0 Å².